The van der Waals surface area contributed by atoms with Crippen molar-refractivity contribution in [2.75, 3.05) is 26.6 Å². The van der Waals surface area contributed by atoms with Crippen LogP contribution in [0.1, 0.15) is 5.56 Å². The van der Waals surface area contributed by atoms with E-state index >= 15 is 0 Å². The van der Waals surface area contributed by atoms with Gasteiger partial charge in [-0.3, -0.25) is 9.59 Å². The third kappa shape index (κ3) is 5.51. The first-order chi connectivity index (χ1) is 13.4. The molecule has 148 valence electrons. The molecule has 0 spiro atoms. The van der Waals surface area contributed by atoms with Gasteiger partial charge in [0.1, 0.15) is 0 Å². The van der Waals surface area contributed by atoms with E-state index < -0.39 is 11.8 Å². The van der Waals surface area contributed by atoms with E-state index in [0.717, 1.165) is 0 Å². The van der Waals surface area contributed by atoms with Crippen LogP contribution < -0.4 is 25.0 Å². The summed E-state index contributed by atoms with van der Waals surface area (Å²) in [5.74, 6) is -0.638. The highest BCUT2D eigenvalue weighted by atomic mass is 35.5. The predicted molar refractivity (Wildman–Crippen MR) is 107 cm³/mol. The van der Waals surface area contributed by atoms with Crippen LogP contribution in [0.5, 0.6) is 17.2 Å². The lowest BCUT2D eigenvalue weighted by atomic mass is 10.2. The Morgan fingerprint density at radius 1 is 0.893 bits per heavy atom. The highest BCUT2D eigenvalue weighted by molar-refractivity contribution is 6.40. The number of benzene rings is 2. The van der Waals surface area contributed by atoms with E-state index in [4.69, 9.17) is 37.4 Å². The Morgan fingerprint density at radius 3 is 1.96 bits per heavy atom. The van der Waals surface area contributed by atoms with E-state index in [1.54, 1.807) is 12.1 Å². The quantitative estimate of drug-likeness (QED) is 0.420. The van der Waals surface area contributed by atoms with Crippen LogP contribution in [0.2, 0.25) is 10.0 Å². The van der Waals surface area contributed by atoms with Gasteiger partial charge in [0.05, 0.1) is 27.5 Å². The molecular weight excluding hydrogens is 409 g/mol. The van der Waals surface area contributed by atoms with E-state index in [1.165, 1.54) is 45.7 Å². The molecule has 2 amide bonds. The second-order valence-corrected chi connectivity index (χ2v) is 6.14. The minimum Gasteiger partial charge on any atom is -0.493 e. The van der Waals surface area contributed by atoms with E-state index in [-0.39, 0.29) is 5.69 Å². The minimum absolute atomic E-state index is 0.284. The molecule has 8 nitrogen and oxygen atoms in total. The van der Waals surface area contributed by atoms with Crippen molar-refractivity contribution in [1.82, 2.24) is 5.43 Å². The molecule has 0 saturated carbocycles. The van der Waals surface area contributed by atoms with E-state index in [9.17, 15) is 9.59 Å². The first-order valence-electron chi connectivity index (χ1n) is 7.78. The molecule has 2 N–H and O–H groups in total. The van der Waals surface area contributed by atoms with Crippen molar-refractivity contribution >= 4 is 46.9 Å². The molecule has 0 aliphatic heterocycles. The molecule has 28 heavy (non-hydrogen) atoms. The number of nitrogens with one attached hydrogen (secondary N) is 2. The number of amides is 2. The molecule has 0 saturated heterocycles. The molecule has 10 heteroatoms. The van der Waals surface area contributed by atoms with Gasteiger partial charge in [0.25, 0.3) is 0 Å². The van der Waals surface area contributed by atoms with Crippen molar-refractivity contribution in [1.29, 1.82) is 0 Å². The molecule has 0 bridgehead atoms. The van der Waals surface area contributed by atoms with Gasteiger partial charge in [0.15, 0.2) is 11.5 Å². The van der Waals surface area contributed by atoms with Crippen LogP contribution in [0.25, 0.3) is 0 Å². The number of anilines is 1. The molecule has 0 aliphatic carbocycles. The van der Waals surface area contributed by atoms with Gasteiger partial charge in [0.2, 0.25) is 5.75 Å². The van der Waals surface area contributed by atoms with Crippen LogP contribution in [0.15, 0.2) is 35.4 Å². The molecule has 2 aromatic rings. The maximum absolute atomic E-state index is 11.9. The SMILES string of the molecule is COc1cc(/C=N\NC(=O)C(=O)Nc2cc(Cl)cc(Cl)c2)cc(OC)c1OC. The molecule has 2 aromatic carbocycles. The highest BCUT2D eigenvalue weighted by Crippen LogP contribution is 2.37. The van der Waals surface area contributed by atoms with Crippen LogP contribution in [0, 0.1) is 0 Å². The number of hydrogen-bond donors (Lipinski definition) is 2. The third-order valence-electron chi connectivity index (χ3n) is 3.39. The fourth-order valence-electron chi connectivity index (χ4n) is 2.21. The number of carbonyl (C=O) groups excluding carboxylic acids is 2. The summed E-state index contributed by atoms with van der Waals surface area (Å²) in [4.78, 5) is 23.8. The van der Waals surface area contributed by atoms with Gasteiger partial charge in [-0.2, -0.15) is 5.10 Å². The van der Waals surface area contributed by atoms with Crippen LogP contribution in [-0.4, -0.2) is 39.4 Å². The minimum atomic E-state index is -0.972. The lowest BCUT2D eigenvalue weighted by Gasteiger charge is -2.12. The van der Waals surface area contributed by atoms with E-state index in [1.807, 2.05) is 0 Å². The van der Waals surface area contributed by atoms with Crippen LogP contribution >= 0.6 is 23.2 Å². The summed E-state index contributed by atoms with van der Waals surface area (Å²) in [5, 5.41) is 6.78. The zero-order valence-corrected chi connectivity index (χ0v) is 16.7. The number of hydrogen-bond acceptors (Lipinski definition) is 6. The average Bonchev–Trinajstić information content (AvgIpc) is 2.66. The maximum Gasteiger partial charge on any atom is 0.329 e. The van der Waals surface area contributed by atoms with Gasteiger partial charge in [-0.05, 0) is 30.3 Å². The van der Waals surface area contributed by atoms with Gasteiger partial charge in [-0.1, -0.05) is 23.2 Å². The largest absolute Gasteiger partial charge is 0.493 e. The third-order valence-corrected chi connectivity index (χ3v) is 3.83. The molecule has 0 aromatic heterocycles. The molecule has 0 unspecified atom stereocenters. The van der Waals surface area contributed by atoms with Gasteiger partial charge < -0.3 is 19.5 Å². The lowest BCUT2D eigenvalue weighted by Crippen LogP contribution is -2.32. The van der Waals surface area contributed by atoms with Crippen LogP contribution in [0.3, 0.4) is 0 Å². The Bertz CT molecular complexity index is 873. The molecule has 0 heterocycles. The topological polar surface area (TPSA) is 98.2 Å². The Kier molecular flexibility index (Phi) is 7.48. The molecule has 0 atom stereocenters. The van der Waals surface area contributed by atoms with Crippen molar-refractivity contribution < 1.29 is 23.8 Å². The van der Waals surface area contributed by atoms with E-state index in [0.29, 0.717) is 32.9 Å². The zero-order chi connectivity index (χ0) is 20.7. The number of ether oxygens (including phenoxy) is 3. The maximum atomic E-state index is 11.9. The number of hydrazone groups is 1. The first-order valence-corrected chi connectivity index (χ1v) is 8.54. The number of methoxy groups -OCH3 is 3. The zero-order valence-electron chi connectivity index (χ0n) is 15.2. The average molecular weight is 426 g/mol. The van der Waals surface area contributed by atoms with Crippen LogP contribution in [-0.2, 0) is 9.59 Å². The summed E-state index contributed by atoms with van der Waals surface area (Å²) < 4.78 is 15.7. The summed E-state index contributed by atoms with van der Waals surface area (Å²) in [7, 11) is 4.44. The summed E-state index contributed by atoms with van der Waals surface area (Å²) in [6.07, 6.45) is 1.33. The second kappa shape index (κ2) is 9.82. The smallest absolute Gasteiger partial charge is 0.329 e. The Morgan fingerprint density at radius 2 is 1.46 bits per heavy atom. The molecule has 0 aliphatic rings. The summed E-state index contributed by atoms with van der Waals surface area (Å²) in [6.45, 7) is 0. The fraction of sp³-hybridized carbons (Fsp3) is 0.167. The Hall–Kier alpha value is -2.97. The molecule has 0 radical (unpaired) electrons. The Labute approximate surface area is 171 Å². The number of carbonyl (C=O) groups is 2. The number of nitrogens with zero attached hydrogens (tertiary/aromatic N) is 1. The normalized spacial score (nSPS) is 10.5. The van der Waals surface area contributed by atoms with Crippen molar-refractivity contribution in [3.05, 3.63) is 45.9 Å². The predicted octanol–water partition coefficient (Wildman–Crippen LogP) is 3.11. The van der Waals surface area contributed by atoms with Gasteiger partial charge in [-0.25, -0.2) is 5.43 Å². The lowest BCUT2D eigenvalue weighted by molar-refractivity contribution is -0.136. The summed E-state index contributed by atoms with van der Waals surface area (Å²) in [6, 6.07) is 7.67. The van der Waals surface area contributed by atoms with Crippen molar-refractivity contribution in [2.45, 2.75) is 0 Å². The molecular formula is C18H17Cl2N3O5. The van der Waals surface area contributed by atoms with Crippen molar-refractivity contribution in [3.8, 4) is 17.2 Å². The Balaban J connectivity index is 2.05. The summed E-state index contributed by atoms with van der Waals surface area (Å²) in [5.41, 5.74) is 2.96. The fourth-order valence-corrected chi connectivity index (χ4v) is 2.73. The number of rotatable bonds is 6. The molecule has 0 fully saturated rings. The molecule has 2 rings (SSSR count). The van der Waals surface area contributed by atoms with Gasteiger partial charge >= 0.3 is 11.8 Å². The van der Waals surface area contributed by atoms with Crippen LogP contribution in [0.4, 0.5) is 5.69 Å². The summed E-state index contributed by atoms with van der Waals surface area (Å²) >= 11 is 11.7. The first kappa shape index (κ1) is 21.3. The van der Waals surface area contributed by atoms with Crippen molar-refractivity contribution in [3.63, 3.8) is 0 Å². The standard InChI is InChI=1S/C18H17Cl2N3O5/c1-26-14-4-10(5-15(27-2)16(14)28-3)9-21-23-18(25)17(24)22-13-7-11(19)6-12(20)8-13/h4-9H,1-3H3,(H,22,24)(H,23,25)/b21-9-. The van der Waals surface area contributed by atoms with Gasteiger partial charge in [0, 0.05) is 21.3 Å². The number of halogens is 2. The highest BCUT2D eigenvalue weighted by Gasteiger charge is 2.14. The van der Waals surface area contributed by atoms with Gasteiger partial charge in [-0.15, -0.1) is 0 Å². The van der Waals surface area contributed by atoms with Crippen molar-refractivity contribution in [2.24, 2.45) is 5.10 Å². The van der Waals surface area contributed by atoms with E-state index in [2.05, 4.69) is 15.8 Å². The monoisotopic (exact) mass is 425 g/mol. The second-order valence-electron chi connectivity index (χ2n) is 5.27.